The molecule has 0 bridgehead atoms. The molecule has 3 amide bonds. The highest BCUT2D eigenvalue weighted by molar-refractivity contribution is 7.90. The molecule has 1 aliphatic heterocycles. The molecule has 2 N–H and O–H groups in total. The molecular weight excluding hydrogens is 489 g/mol. The summed E-state index contributed by atoms with van der Waals surface area (Å²) in [6.07, 6.45) is -0.0800. The zero-order valence-corrected chi connectivity index (χ0v) is 20.3. The third-order valence-electron chi connectivity index (χ3n) is 5.62. The first-order chi connectivity index (χ1) is 17.1. The van der Waals surface area contributed by atoms with Crippen molar-refractivity contribution in [2.45, 2.75) is 24.3 Å². The molecule has 9 nitrogen and oxygen atoms in total. The van der Waals surface area contributed by atoms with Gasteiger partial charge < -0.3 is 19.7 Å². The molecule has 1 atom stereocenters. The normalized spacial score (nSPS) is 13.1. The molecule has 1 unspecified atom stereocenters. The number of anilines is 1. The number of nitrogens with one attached hydrogen (secondary N) is 2. The molecule has 3 aromatic rings. The Bertz CT molecular complexity index is 1410. The van der Waals surface area contributed by atoms with Crippen LogP contribution >= 0.6 is 0 Å². The fraction of sp³-hybridized carbons (Fsp3) is 0.200. The summed E-state index contributed by atoms with van der Waals surface area (Å²) in [5, 5.41) is 2.43. The molecule has 0 saturated heterocycles. The highest BCUT2D eigenvalue weighted by Crippen LogP contribution is 2.35. The second-order valence-electron chi connectivity index (χ2n) is 8.17. The lowest BCUT2D eigenvalue weighted by Crippen LogP contribution is -2.52. The van der Waals surface area contributed by atoms with Crippen molar-refractivity contribution in [1.29, 1.82) is 0 Å². The van der Waals surface area contributed by atoms with Gasteiger partial charge in [-0.3, -0.25) is 4.79 Å². The van der Waals surface area contributed by atoms with E-state index in [4.69, 9.17) is 9.47 Å². The summed E-state index contributed by atoms with van der Waals surface area (Å²) in [6.45, 7) is 1.67. The minimum Gasteiger partial charge on any atom is -0.454 e. The smallest absolute Gasteiger partial charge is 0.329 e. The Morgan fingerprint density at radius 3 is 2.53 bits per heavy atom. The van der Waals surface area contributed by atoms with Gasteiger partial charge in [0, 0.05) is 25.2 Å². The second-order valence-corrected chi connectivity index (χ2v) is 9.82. The summed E-state index contributed by atoms with van der Waals surface area (Å²) in [5.41, 5.74) is 1.35. The van der Waals surface area contributed by atoms with E-state index in [0.29, 0.717) is 28.3 Å². The number of urea groups is 1. The minimum atomic E-state index is -4.20. The molecule has 36 heavy (non-hydrogen) atoms. The zero-order valence-electron chi connectivity index (χ0n) is 19.5. The van der Waals surface area contributed by atoms with Crippen molar-refractivity contribution in [1.82, 2.24) is 10.0 Å². The number of likely N-dealkylation sites (N-methyl/N-ethyl adjacent to an activating group) is 1. The van der Waals surface area contributed by atoms with Crippen LogP contribution < -0.4 is 24.4 Å². The van der Waals surface area contributed by atoms with Gasteiger partial charge in [-0.2, -0.15) is 0 Å². The van der Waals surface area contributed by atoms with Crippen molar-refractivity contribution in [3.63, 3.8) is 0 Å². The standard InChI is InChI=1S/C25H24FN3O6S/c1-16-6-3-4-9-23(16)36(32,33)28-25(31)27-20(13-17-7-5-8-18(26)12-17)24(30)29(2)19-10-11-21-22(14-19)35-15-34-21/h3-12,14,20H,13,15H2,1-2H3,(H2,27,28,31). The fourth-order valence-corrected chi connectivity index (χ4v) is 4.94. The van der Waals surface area contributed by atoms with Gasteiger partial charge in [0.15, 0.2) is 11.5 Å². The molecule has 0 radical (unpaired) electrons. The lowest BCUT2D eigenvalue weighted by molar-refractivity contribution is -0.120. The van der Waals surface area contributed by atoms with Crippen LogP contribution in [0.2, 0.25) is 0 Å². The van der Waals surface area contributed by atoms with E-state index < -0.39 is 33.8 Å². The molecule has 0 spiro atoms. The van der Waals surface area contributed by atoms with Crippen LogP contribution in [0.15, 0.2) is 71.6 Å². The number of amides is 3. The molecule has 1 heterocycles. The third-order valence-corrected chi connectivity index (χ3v) is 7.11. The molecule has 1 aliphatic rings. The van der Waals surface area contributed by atoms with Gasteiger partial charge in [-0.05, 0) is 48.4 Å². The Balaban J connectivity index is 1.56. The van der Waals surface area contributed by atoms with E-state index in [1.165, 1.54) is 42.3 Å². The summed E-state index contributed by atoms with van der Waals surface area (Å²) in [5.74, 6) is -0.0605. The lowest BCUT2D eigenvalue weighted by atomic mass is 10.0. The maximum Gasteiger partial charge on any atom is 0.329 e. The van der Waals surface area contributed by atoms with Gasteiger partial charge >= 0.3 is 6.03 Å². The van der Waals surface area contributed by atoms with Crippen molar-refractivity contribution in [3.8, 4) is 11.5 Å². The predicted molar refractivity (Wildman–Crippen MR) is 130 cm³/mol. The van der Waals surface area contributed by atoms with Crippen LogP contribution in [0.1, 0.15) is 11.1 Å². The summed E-state index contributed by atoms with van der Waals surface area (Å²) in [4.78, 5) is 27.4. The topological polar surface area (TPSA) is 114 Å². The first-order valence-corrected chi connectivity index (χ1v) is 12.4. The Morgan fingerprint density at radius 2 is 1.78 bits per heavy atom. The van der Waals surface area contributed by atoms with Crippen molar-refractivity contribution in [2.75, 3.05) is 18.7 Å². The number of hydrogen-bond donors (Lipinski definition) is 2. The molecule has 11 heteroatoms. The molecule has 0 saturated carbocycles. The van der Waals surface area contributed by atoms with E-state index in [2.05, 4.69) is 5.32 Å². The van der Waals surface area contributed by atoms with E-state index in [-0.39, 0.29) is 18.1 Å². The van der Waals surface area contributed by atoms with Crippen molar-refractivity contribution < 1.29 is 31.9 Å². The van der Waals surface area contributed by atoms with E-state index in [1.54, 1.807) is 43.3 Å². The van der Waals surface area contributed by atoms with Crippen LogP contribution in [0, 0.1) is 12.7 Å². The average molecular weight is 514 g/mol. The van der Waals surface area contributed by atoms with Gasteiger partial charge in [0.25, 0.3) is 10.0 Å². The van der Waals surface area contributed by atoms with Crippen LogP contribution in [0.25, 0.3) is 0 Å². The monoisotopic (exact) mass is 513 g/mol. The average Bonchev–Trinajstić information content (AvgIpc) is 3.30. The first kappa shape index (κ1) is 25.0. The maximum absolute atomic E-state index is 13.8. The van der Waals surface area contributed by atoms with Crippen LogP contribution in [-0.4, -0.2) is 40.2 Å². The van der Waals surface area contributed by atoms with Gasteiger partial charge in [-0.1, -0.05) is 30.3 Å². The summed E-state index contributed by atoms with van der Waals surface area (Å²) >= 11 is 0. The molecule has 0 fully saturated rings. The van der Waals surface area contributed by atoms with Crippen molar-refractivity contribution in [2.24, 2.45) is 0 Å². The summed E-state index contributed by atoms with van der Waals surface area (Å²) < 4.78 is 51.9. The number of benzene rings is 3. The molecular formula is C25H24FN3O6S. The predicted octanol–water partition coefficient (Wildman–Crippen LogP) is 3.13. The second kappa shape index (κ2) is 10.2. The number of hydrogen-bond acceptors (Lipinski definition) is 6. The number of halogens is 1. The SMILES string of the molecule is Cc1ccccc1S(=O)(=O)NC(=O)NC(Cc1cccc(F)c1)C(=O)N(C)c1ccc2c(c1)OCO2. The molecule has 0 aromatic heterocycles. The highest BCUT2D eigenvalue weighted by Gasteiger charge is 2.28. The Hall–Kier alpha value is -4.12. The number of carbonyl (C=O) groups is 2. The number of sulfonamides is 1. The highest BCUT2D eigenvalue weighted by atomic mass is 32.2. The molecule has 188 valence electrons. The van der Waals surface area contributed by atoms with E-state index in [9.17, 15) is 22.4 Å². The fourth-order valence-electron chi connectivity index (χ4n) is 3.78. The van der Waals surface area contributed by atoms with Gasteiger partial charge in [-0.25, -0.2) is 22.3 Å². The van der Waals surface area contributed by atoms with E-state index in [1.807, 2.05) is 4.72 Å². The Morgan fingerprint density at radius 1 is 1.03 bits per heavy atom. The molecule has 3 aromatic carbocycles. The van der Waals surface area contributed by atoms with Crippen LogP contribution in [-0.2, 0) is 21.2 Å². The Labute approximate surface area is 207 Å². The number of carbonyl (C=O) groups excluding carboxylic acids is 2. The number of ether oxygens (including phenoxy) is 2. The summed E-state index contributed by atoms with van der Waals surface area (Å²) in [7, 11) is -2.70. The minimum absolute atomic E-state index is 0.0642. The van der Waals surface area contributed by atoms with Gasteiger partial charge in [-0.15, -0.1) is 0 Å². The maximum atomic E-state index is 13.8. The van der Waals surface area contributed by atoms with Crippen LogP contribution in [0.5, 0.6) is 11.5 Å². The van der Waals surface area contributed by atoms with Crippen molar-refractivity contribution >= 4 is 27.6 Å². The molecule has 0 aliphatic carbocycles. The first-order valence-electron chi connectivity index (χ1n) is 10.9. The van der Waals surface area contributed by atoms with Crippen LogP contribution in [0.3, 0.4) is 0 Å². The zero-order chi connectivity index (χ0) is 25.9. The Kier molecular flexibility index (Phi) is 7.11. The summed E-state index contributed by atoms with van der Waals surface area (Å²) in [6, 6.07) is 14.4. The van der Waals surface area contributed by atoms with E-state index in [0.717, 1.165) is 0 Å². The number of aryl methyl sites for hydroxylation is 1. The lowest BCUT2D eigenvalue weighted by Gasteiger charge is -2.25. The number of fused-ring (bicyclic) bond motifs is 1. The quantitative estimate of drug-likeness (QED) is 0.502. The van der Waals surface area contributed by atoms with Gasteiger partial charge in [0.2, 0.25) is 12.7 Å². The number of rotatable bonds is 7. The largest absolute Gasteiger partial charge is 0.454 e. The van der Waals surface area contributed by atoms with E-state index >= 15 is 0 Å². The molecule has 4 rings (SSSR count). The van der Waals surface area contributed by atoms with Gasteiger partial charge in [0.05, 0.1) is 4.90 Å². The van der Waals surface area contributed by atoms with Crippen molar-refractivity contribution in [3.05, 3.63) is 83.7 Å². The number of nitrogens with zero attached hydrogens (tertiary/aromatic N) is 1. The third kappa shape index (κ3) is 5.57. The van der Waals surface area contributed by atoms with Gasteiger partial charge in [0.1, 0.15) is 11.9 Å². The van der Waals surface area contributed by atoms with Crippen LogP contribution in [0.4, 0.5) is 14.9 Å².